The molecule has 0 fully saturated rings. The molecule has 0 saturated carbocycles. The lowest BCUT2D eigenvalue weighted by Crippen LogP contribution is -2.12. The normalized spacial score (nSPS) is 12.4. The molecule has 0 aliphatic heterocycles. The number of rotatable bonds is 8. The van der Waals surface area contributed by atoms with Gasteiger partial charge in [-0.3, -0.25) is 0 Å². The molecule has 2 aromatic carbocycles. The van der Waals surface area contributed by atoms with Crippen LogP contribution in [0.3, 0.4) is 0 Å². The van der Waals surface area contributed by atoms with Crippen LogP contribution in [0.2, 0.25) is 0 Å². The van der Waals surface area contributed by atoms with Gasteiger partial charge in [0.05, 0.1) is 13.7 Å². The van der Waals surface area contributed by atoms with Crippen molar-refractivity contribution in [2.45, 2.75) is 33.1 Å². The minimum Gasteiger partial charge on any atom is -0.496 e. The van der Waals surface area contributed by atoms with Gasteiger partial charge in [0.15, 0.2) is 0 Å². The van der Waals surface area contributed by atoms with Gasteiger partial charge in [-0.15, -0.1) is 0 Å². The molecule has 0 spiro atoms. The van der Waals surface area contributed by atoms with E-state index in [2.05, 4.69) is 54.0 Å². The summed E-state index contributed by atoms with van der Waals surface area (Å²) in [6.45, 7) is 5.14. The summed E-state index contributed by atoms with van der Waals surface area (Å²) in [6, 6.07) is 10.5. The second-order valence-corrected chi connectivity index (χ2v) is 6.32. The molecule has 1 atom stereocenters. The zero-order valence-electron chi connectivity index (χ0n) is 13.7. The molecule has 1 unspecified atom stereocenters. The molecule has 2 rings (SSSR count). The van der Waals surface area contributed by atoms with Crippen molar-refractivity contribution >= 4 is 26.7 Å². The van der Waals surface area contributed by atoms with Crippen molar-refractivity contribution in [2.75, 3.05) is 19.0 Å². The van der Waals surface area contributed by atoms with Crippen molar-refractivity contribution in [1.82, 2.24) is 0 Å². The third-order valence-corrected chi connectivity index (χ3v) is 4.65. The molecular formula is C19H25BrO2. The first kappa shape index (κ1) is 17.1. The summed E-state index contributed by atoms with van der Waals surface area (Å²) in [5.41, 5.74) is 1.20. The van der Waals surface area contributed by atoms with Gasteiger partial charge in [0, 0.05) is 16.1 Å². The number of methoxy groups -OCH3 is 1. The molecular weight excluding hydrogens is 340 g/mol. The minimum absolute atomic E-state index is 0.588. The van der Waals surface area contributed by atoms with Crippen LogP contribution >= 0.6 is 15.9 Å². The van der Waals surface area contributed by atoms with Crippen LogP contribution in [0, 0.1) is 5.92 Å². The molecule has 0 radical (unpaired) electrons. The monoisotopic (exact) mass is 364 g/mol. The lowest BCUT2D eigenvalue weighted by molar-refractivity contribution is 0.244. The zero-order chi connectivity index (χ0) is 15.9. The molecule has 0 heterocycles. The second kappa shape index (κ2) is 8.42. The van der Waals surface area contributed by atoms with Crippen molar-refractivity contribution in [1.29, 1.82) is 0 Å². The van der Waals surface area contributed by atoms with Crippen LogP contribution in [0.1, 0.15) is 32.3 Å². The fourth-order valence-electron chi connectivity index (χ4n) is 2.76. The maximum absolute atomic E-state index is 6.19. The van der Waals surface area contributed by atoms with E-state index < -0.39 is 0 Å². The van der Waals surface area contributed by atoms with E-state index in [0.717, 1.165) is 53.5 Å². The first-order valence-electron chi connectivity index (χ1n) is 8.02. The average molecular weight is 365 g/mol. The average Bonchev–Trinajstić information content (AvgIpc) is 2.57. The lowest BCUT2D eigenvalue weighted by atomic mass is 10.0. The largest absolute Gasteiger partial charge is 0.496 e. The first-order chi connectivity index (χ1) is 10.7. The summed E-state index contributed by atoms with van der Waals surface area (Å²) >= 11 is 3.53. The smallest absolute Gasteiger partial charge is 0.130 e. The van der Waals surface area contributed by atoms with Crippen LogP contribution in [0.5, 0.6) is 11.5 Å². The summed E-state index contributed by atoms with van der Waals surface area (Å²) in [5.74, 6) is 2.53. The molecule has 22 heavy (non-hydrogen) atoms. The van der Waals surface area contributed by atoms with E-state index in [4.69, 9.17) is 9.47 Å². The van der Waals surface area contributed by atoms with Crippen LogP contribution < -0.4 is 9.47 Å². The number of alkyl halides is 1. The van der Waals surface area contributed by atoms with Crippen LogP contribution in [-0.2, 0) is 6.42 Å². The number of aryl methyl sites for hydroxylation is 1. The Balaban J connectivity index is 2.36. The molecule has 0 bridgehead atoms. The van der Waals surface area contributed by atoms with Gasteiger partial charge in [-0.1, -0.05) is 60.5 Å². The van der Waals surface area contributed by atoms with Gasteiger partial charge in [-0.2, -0.15) is 0 Å². The van der Waals surface area contributed by atoms with E-state index in [9.17, 15) is 0 Å². The van der Waals surface area contributed by atoms with E-state index >= 15 is 0 Å². The molecule has 0 amide bonds. The zero-order valence-corrected chi connectivity index (χ0v) is 15.3. The second-order valence-electron chi connectivity index (χ2n) is 5.53. The minimum atomic E-state index is 0.588. The molecule has 120 valence electrons. The SMILES string of the molecule is CCc1cc(OCC(CC)CCBr)c2ccccc2c1OC. The van der Waals surface area contributed by atoms with Crippen LogP contribution in [0.4, 0.5) is 0 Å². The summed E-state index contributed by atoms with van der Waals surface area (Å²) in [6.07, 6.45) is 3.22. The van der Waals surface area contributed by atoms with Gasteiger partial charge in [-0.05, 0) is 30.4 Å². The molecule has 0 aliphatic rings. The summed E-state index contributed by atoms with van der Waals surface area (Å²) in [4.78, 5) is 0. The Labute approximate surface area is 141 Å². The predicted octanol–water partition coefficient (Wildman–Crippen LogP) is 5.60. The summed E-state index contributed by atoms with van der Waals surface area (Å²) < 4.78 is 11.8. The highest BCUT2D eigenvalue weighted by Crippen LogP contribution is 2.37. The molecule has 0 saturated heterocycles. The van der Waals surface area contributed by atoms with E-state index in [-0.39, 0.29) is 0 Å². The standard InChI is InChI=1S/C19H25BrO2/c1-4-14(10-11-20)13-22-18-12-15(5-2)19(21-3)17-9-7-6-8-16(17)18/h6-9,12,14H,4-5,10-11,13H2,1-3H3. The first-order valence-corrected chi connectivity index (χ1v) is 9.14. The third-order valence-electron chi connectivity index (χ3n) is 4.19. The van der Waals surface area contributed by atoms with Gasteiger partial charge in [-0.25, -0.2) is 0 Å². The third kappa shape index (κ3) is 3.75. The van der Waals surface area contributed by atoms with Gasteiger partial charge in [0.1, 0.15) is 11.5 Å². The topological polar surface area (TPSA) is 18.5 Å². The Kier molecular flexibility index (Phi) is 6.56. The van der Waals surface area contributed by atoms with Crippen molar-refractivity contribution < 1.29 is 9.47 Å². The number of ether oxygens (including phenoxy) is 2. The molecule has 3 heteroatoms. The Morgan fingerprint density at radius 1 is 1.14 bits per heavy atom. The highest BCUT2D eigenvalue weighted by atomic mass is 79.9. The summed E-state index contributed by atoms with van der Waals surface area (Å²) in [5, 5.41) is 3.29. The molecule has 2 aromatic rings. The number of fused-ring (bicyclic) bond motifs is 1. The highest BCUT2D eigenvalue weighted by Gasteiger charge is 2.14. The van der Waals surface area contributed by atoms with Crippen LogP contribution in [-0.4, -0.2) is 19.0 Å². The van der Waals surface area contributed by atoms with Crippen molar-refractivity contribution in [3.05, 3.63) is 35.9 Å². The van der Waals surface area contributed by atoms with Crippen LogP contribution in [0.25, 0.3) is 10.8 Å². The molecule has 0 aromatic heterocycles. The molecule has 0 aliphatic carbocycles. The Morgan fingerprint density at radius 3 is 2.45 bits per heavy atom. The maximum atomic E-state index is 6.19. The van der Waals surface area contributed by atoms with Crippen molar-refractivity contribution in [3.63, 3.8) is 0 Å². The van der Waals surface area contributed by atoms with E-state index in [1.165, 1.54) is 5.56 Å². The number of benzene rings is 2. The Hall–Kier alpha value is -1.22. The molecule has 2 nitrogen and oxygen atoms in total. The Bertz CT molecular complexity index is 610. The van der Waals surface area contributed by atoms with E-state index in [1.807, 2.05) is 6.07 Å². The van der Waals surface area contributed by atoms with Crippen molar-refractivity contribution in [3.8, 4) is 11.5 Å². The predicted molar refractivity (Wildman–Crippen MR) is 97.6 cm³/mol. The fraction of sp³-hybridized carbons (Fsp3) is 0.474. The van der Waals surface area contributed by atoms with Gasteiger partial charge in [0.2, 0.25) is 0 Å². The quantitative estimate of drug-likeness (QED) is 0.567. The Morgan fingerprint density at radius 2 is 1.86 bits per heavy atom. The molecule has 0 N–H and O–H groups in total. The summed E-state index contributed by atoms with van der Waals surface area (Å²) in [7, 11) is 1.74. The number of hydrogen-bond donors (Lipinski definition) is 0. The lowest BCUT2D eigenvalue weighted by Gasteiger charge is -2.18. The van der Waals surface area contributed by atoms with E-state index in [0.29, 0.717) is 5.92 Å². The van der Waals surface area contributed by atoms with Crippen LogP contribution in [0.15, 0.2) is 30.3 Å². The highest BCUT2D eigenvalue weighted by molar-refractivity contribution is 9.09. The van der Waals surface area contributed by atoms with Gasteiger partial charge < -0.3 is 9.47 Å². The van der Waals surface area contributed by atoms with Crippen molar-refractivity contribution in [2.24, 2.45) is 5.92 Å². The fourth-order valence-corrected chi connectivity index (χ4v) is 3.41. The number of hydrogen-bond acceptors (Lipinski definition) is 2. The van der Waals surface area contributed by atoms with E-state index in [1.54, 1.807) is 7.11 Å². The number of halogens is 1. The maximum Gasteiger partial charge on any atom is 0.130 e. The van der Waals surface area contributed by atoms with Gasteiger partial charge >= 0.3 is 0 Å². The van der Waals surface area contributed by atoms with Gasteiger partial charge in [0.25, 0.3) is 0 Å².